The second-order valence-electron chi connectivity index (χ2n) is 8.02. The molecule has 0 spiro atoms. The van der Waals surface area contributed by atoms with Crippen LogP contribution in [0.2, 0.25) is 10.0 Å². The third-order valence-electron chi connectivity index (χ3n) is 5.39. The summed E-state index contributed by atoms with van der Waals surface area (Å²) >= 11 is 12.3. The molecule has 11 heteroatoms. The molecule has 1 unspecified atom stereocenters. The van der Waals surface area contributed by atoms with Crippen molar-refractivity contribution >= 4 is 50.7 Å². The quantitative estimate of drug-likeness (QED) is 0.406. The zero-order valence-corrected chi connectivity index (χ0v) is 22.6. The van der Waals surface area contributed by atoms with Gasteiger partial charge in [0.25, 0.3) is 0 Å². The fourth-order valence-electron chi connectivity index (χ4n) is 3.38. The molecule has 0 fully saturated rings. The summed E-state index contributed by atoms with van der Waals surface area (Å²) in [7, 11) is -2.45. The normalized spacial score (nSPS) is 12.1. The van der Waals surface area contributed by atoms with Crippen LogP contribution in [0.5, 0.6) is 5.75 Å². The fourth-order valence-corrected chi connectivity index (χ4v) is 4.70. The molecule has 0 aromatic heterocycles. The van der Waals surface area contributed by atoms with E-state index in [4.69, 9.17) is 27.9 Å². The highest BCUT2D eigenvalue weighted by Crippen LogP contribution is 2.30. The number of nitrogens with one attached hydrogen (secondary N) is 1. The van der Waals surface area contributed by atoms with E-state index < -0.39 is 28.5 Å². The molecule has 8 nitrogen and oxygen atoms in total. The van der Waals surface area contributed by atoms with Gasteiger partial charge in [0.2, 0.25) is 21.8 Å². The number of unbranched alkanes of at least 4 members (excludes halogenated alkanes) is 1. The van der Waals surface area contributed by atoms with Gasteiger partial charge in [0.1, 0.15) is 18.3 Å². The van der Waals surface area contributed by atoms with Gasteiger partial charge in [0.05, 0.1) is 19.1 Å². The molecule has 0 heterocycles. The Kier molecular flexibility index (Phi) is 10.7. The van der Waals surface area contributed by atoms with Crippen LogP contribution in [-0.4, -0.2) is 57.6 Å². The molecule has 2 rings (SSSR count). The van der Waals surface area contributed by atoms with Crippen molar-refractivity contribution in [3.8, 4) is 5.75 Å². The molecule has 0 bridgehead atoms. The van der Waals surface area contributed by atoms with Gasteiger partial charge in [-0.25, -0.2) is 8.42 Å². The van der Waals surface area contributed by atoms with Gasteiger partial charge in [-0.1, -0.05) is 54.7 Å². The summed E-state index contributed by atoms with van der Waals surface area (Å²) in [6, 6.07) is 10.5. The molecule has 0 saturated carbocycles. The van der Waals surface area contributed by atoms with Crippen LogP contribution in [0.15, 0.2) is 42.5 Å². The van der Waals surface area contributed by atoms with Gasteiger partial charge >= 0.3 is 0 Å². The van der Waals surface area contributed by atoms with Gasteiger partial charge in [-0.05, 0) is 43.2 Å². The van der Waals surface area contributed by atoms with Crippen LogP contribution in [0.4, 0.5) is 5.69 Å². The largest absolute Gasteiger partial charge is 0.495 e. The van der Waals surface area contributed by atoms with Crippen LogP contribution >= 0.6 is 23.2 Å². The van der Waals surface area contributed by atoms with E-state index in [1.165, 1.54) is 12.0 Å². The number of hydrogen-bond acceptors (Lipinski definition) is 5. The summed E-state index contributed by atoms with van der Waals surface area (Å²) in [5.74, 6) is -0.631. The lowest BCUT2D eigenvalue weighted by Gasteiger charge is -2.32. The summed E-state index contributed by atoms with van der Waals surface area (Å²) in [6.07, 6.45) is 2.71. The van der Waals surface area contributed by atoms with Crippen molar-refractivity contribution in [2.45, 2.75) is 39.3 Å². The molecule has 2 aromatic rings. The van der Waals surface area contributed by atoms with E-state index >= 15 is 0 Å². The van der Waals surface area contributed by atoms with Crippen LogP contribution < -0.4 is 14.4 Å². The summed E-state index contributed by atoms with van der Waals surface area (Å²) in [5.41, 5.74) is 0.788. The minimum atomic E-state index is -3.87. The first-order valence-electron chi connectivity index (χ1n) is 11.1. The van der Waals surface area contributed by atoms with Gasteiger partial charge in [0.15, 0.2) is 0 Å². The lowest BCUT2D eigenvalue weighted by molar-refractivity contribution is -0.139. The second kappa shape index (κ2) is 13.0. The van der Waals surface area contributed by atoms with Gasteiger partial charge in [-0.15, -0.1) is 0 Å². The Balaban J connectivity index is 2.42. The molecular weight excluding hydrogens is 513 g/mol. The number of rotatable bonds is 12. The van der Waals surface area contributed by atoms with Crippen molar-refractivity contribution in [2.24, 2.45) is 0 Å². The third-order valence-corrected chi connectivity index (χ3v) is 7.10. The van der Waals surface area contributed by atoms with Crippen LogP contribution in [0.25, 0.3) is 0 Å². The minimum Gasteiger partial charge on any atom is -0.495 e. The van der Waals surface area contributed by atoms with Gasteiger partial charge in [-0.3, -0.25) is 13.9 Å². The highest BCUT2D eigenvalue weighted by molar-refractivity contribution is 7.92. The molecule has 0 radical (unpaired) electrons. The average molecular weight is 545 g/mol. The Morgan fingerprint density at radius 1 is 1.14 bits per heavy atom. The lowest BCUT2D eigenvalue weighted by Crippen LogP contribution is -2.51. The van der Waals surface area contributed by atoms with E-state index in [9.17, 15) is 18.0 Å². The molecule has 0 aliphatic heterocycles. The topological polar surface area (TPSA) is 96.0 Å². The van der Waals surface area contributed by atoms with Crippen molar-refractivity contribution in [3.05, 3.63) is 58.1 Å². The molecule has 2 amide bonds. The molecule has 192 valence electrons. The Morgan fingerprint density at radius 3 is 2.43 bits per heavy atom. The van der Waals surface area contributed by atoms with Crippen molar-refractivity contribution < 1.29 is 22.7 Å². The number of carbonyl (C=O) groups excluding carboxylic acids is 2. The molecule has 35 heavy (non-hydrogen) atoms. The summed E-state index contributed by atoms with van der Waals surface area (Å²) in [6.45, 7) is 3.53. The number of nitrogens with zero attached hydrogens (tertiary/aromatic N) is 2. The standard InChI is InChI=1S/C24H31Cl2N3O5S/c1-5-6-13-27-24(31)17(2)28(15-18-11-12-19(25)14-20(18)26)23(30)16-29(35(4,32)33)21-9-7-8-10-22(21)34-3/h7-12,14,17H,5-6,13,15-16H2,1-4H3,(H,27,31). The maximum absolute atomic E-state index is 13.6. The number of benzene rings is 2. The molecule has 0 aliphatic rings. The van der Waals surface area contributed by atoms with Gasteiger partial charge in [0, 0.05) is 23.1 Å². The Hall–Kier alpha value is -2.49. The number of para-hydroxylation sites is 2. The first kappa shape index (κ1) is 28.7. The number of ether oxygens (including phenoxy) is 1. The Morgan fingerprint density at radius 2 is 1.83 bits per heavy atom. The van der Waals surface area contributed by atoms with E-state index in [2.05, 4.69) is 5.32 Å². The van der Waals surface area contributed by atoms with Crippen LogP contribution in [0.1, 0.15) is 32.3 Å². The van der Waals surface area contributed by atoms with Crippen molar-refractivity contribution in [2.75, 3.05) is 30.8 Å². The van der Waals surface area contributed by atoms with E-state index in [-0.39, 0.29) is 18.1 Å². The average Bonchev–Trinajstić information content (AvgIpc) is 2.80. The fraction of sp³-hybridized carbons (Fsp3) is 0.417. The number of halogens is 2. The van der Waals surface area contributed by atoms with Crippen LogP contribution in [-0.2, 0) is 26.2 Å². The number of anilines is 1. The molecule has 0 aliphatic carbocycles. The molecule has 1 atom stereocenters. The van der Waals surface area contributed by atoms with Crippen molar-refractivity contribution in [1.82, 2.24) is 10.2 Å². The smallest absolute Gasteiger partial charge is 0.244 e. The molecule has 2 aromatic carbocycles. The molecule has 1 N–H and O–H groups in total. The third kappa shape index (κ3) is 8.02. The summed E-state index contributed by atoms with van der Waals surface area (Å²) in [5, 5.41) is 3.59. The SMILES string of the molecule is CCCCNC(=O)C(C)N(Cc1ccc(Cl)cc1Cl)C(=O)CN(c1ccccc1OC)S(C)(=O)=O. The number of amides is 2. The van der Waals surface area contributed by atoms with Crippen LogP contribution in [0, 0.1) is 0 Å². The first-order valence-corrected chi connectivity index (χ1v) is 13.7. The van der Waals surface area contributed by atoms with Gasteiger partial charge < -0.3 is 15.0 Å². The number of sulfonamides is 1. The zero-order valence-electron chi connectivity index (χ0n) is 20.3. The molecular formula is C24H31Cl2N3O5S. The van der Waals surface area contributed by atoms with Gasteiger partial charge in [-0.2, -0.15) is 0 Å². The number of hydrogen-bond donors (Lipinski definition) is 1. The highest BCUT2D eigenvalue weighted by atomic mass is 35.5. The number of carbonyl (C=O) groups is 2. The van der Waals surface area contributed by atoms with E-state index in [0.717, 1.165) is 23.4 Å². The molecule has 0 saturated heterocycles. The van der Waals surface area contributed by atoms with E-state index in [1.54, 1.807) is 49.4 Å². The summed E-state index contributed by atoms with van der Waals surface area (Å²) in [4.78, 5) is 27.7. The minimum absolute atomic E-state index is 0.0132. The monoisotopic (exact) mass is 543 g/mol. The first-order chi connectivity index (χ1) is 16.5. The van der Waals surface area contributed by atoms with Crippen molar-refractivity contribution in [3.63, 3.8) is 0 Å². The predicted octanol–water partition coefficient (Wildman–Crippen LogP) is 4.10. The maximum atomic E-state index is 13.6. The Bertz CT molecular complexity index is 1140. The predicted molar refractivity (Wildman–Crippen MR) is 140 cm³/mol. The van der Waals surface area contributed by atoms with Crippen LogP contribution in [0.3, 0.4) is 0 Å². The second-order valence-corrected chi connectivity index (χ2v) is 10.8. The van der Waals surface area contributed by atoms with E-state index in [1.807, 2.05) is 6.92 Å². The lowest BCUT2D eigenvalue weighted by atomic mass is 10.1. The zero-order chi connectivity index (χ0) is 26.2. The summed E-state index contributed by atoms with van der Waals surface area (Å²) < 4.78 is 31.6. The van der Waals surface area contributed by atoms with E-state index in [0.29, 0.717) is 27.9 Å². The highest BCUT2D eigenvalue weighted by Gasteiger charge is 2.31. The number of methoxy groups -OCH3 is 1. The maximum Gasteiger partial charge on any atom is 0.244 e. The van der Waals surface area contributed by atoms with Crippen molar-refractivity contribution in [1.29, 1.82) is 0 Å². The Labute approximate surface area is 217 Å².